The largest absolute Gasteiger partial charge is 0.376 e. The summed E-state index contributed by atoms with van der Waals surface area (Å²) in [5.74, 6) is -0.169. The molecule has 1 saturated heterocycles. The number of benzene rings is 2. The lowest BCUT2D eigenvalue weighted by Gasteiger charge is -2.35. The molecular weight excluding hydrogens is 342 g/mol. The maximum atomic E-state index is 12.2. The fourth-order valence-electron chi connectivity index (χ4n) is 2.59. The van der Waals surface area contributed by atoms with Crippen LogP contribution >= 0.6 is 11.0 Å². The fourth-order valence-corrected chi connectivity index (χ4v) is 3.86. The average molecular weight is 363 g/mol. The molecule has 0 radical (unpaired) electrons. The first-order valence-electron chi connectivity index (χ1n) is 7.84. The van der Waals surface area contributed by atoms with E-state index in [-0.39, 0.29) is 19.0 Å². The van der Waals surface area contributed by atoms with Gasteiger partial charge in [0.25, 0.3) is 5.91 Å². The zero-order valence-electron chi connectivity index (χ0n) is 13.5. The standard InChI is InChI=1S/C17H21N3O4S/c21-16-12-20(25(23,24)19-16)11-14-6-8-15(9-7-14)17(22)18-10-13-4-2-1-3-5-13/h1-9,16,19,21,23-24H,10-12H2,(H,18,22). The third-order valence-corrected chi connectivity index (χ3v) is 5.49. The van der Waals surface area contributed by atoms with E-state index in [1.807, 2.05) is 30.3 Å². The van der Waals surface area contributed by atoms with Crippen LogP contribution in [0.1, 0.15) is 21.5 Å². The van der Waals surface area contributed by atoms with Gasteiger partial charge < -0.3 is 10.4 Å². The Kier molecular flexibility index (Phi) is 5.38. The summed E-state index contributed by atoms with van der Waals surface area (Å²) in [5.41, 5.74) is 2.37. The number of aliphatic hydroxyl groups excluding tert-OH is 1. The quantitative estimate of drug-likeness (QED) is 0.556. The Labute approximate surface area is 147 Å². The molecule has 1 atom stereocenters. The fraction of sp³-hybridized carbons (Fsp3) is 0.235. The van der Waals surface area contributed by atoms with Gasteiger partial charge in [0.15, 0.2) is 0 Å². The smallest absolute Gasteiger partial charge is 0.251 e. The lowest BCUT2D eigenvalue weighted by molar-refractivity contribution is 0.0951. The predicted octanol–water partition coefficient (Wildman–Crippen LogP) is 1.92. The van der Waals surface area contributed by atoms with Crippen molar-refractivity contribution in [3.8, 4) is 0 Å². The second kappa shape index (κ2) is 7.52. The first-order valence-corrected chi connectivity index (χ1v) is 9.34. The molecule has 2 aromatic rings. The Morgan fingerprint density at radius 2 is 1.80 bits per heavy atom. The minimum Gasteiger partial charge on any atom is -0.376 e. The van der Waals surface area contributed by atoms with Crippen LogP contribution in [0.5, 0.6) is 0 Å². The highest BCUT2D eigenvalue weighted by Crippen LogP contribution is 2.44. The van der Waals surface area contributed by atoms with Crippen molar-refractivity contribution in [3.05, 3.63) is 71.3 Å². The number of nitrogens with one attached hydrogen (secondary N) is 2. The molecule has 8 heteroatoms. The summed E-state index contributed by atoms with van der Waals surface area (Å²) >= 11 is 0. The molecule has 1 amide bonds. The number of β-amino-alcohol motifs (C(OH)–C–C–N with tert-alkyl or cyclic N) is 1. The van der Waals surface area contributed by atoms with Crippen LogP contribution in [0.25, 0.3) is 0 Å². The number of carbonyl (C=O) groups is 1. The molecule has 0 spiro atoms. The highest BCUT2D eigenvalue weighted by atomic mass is 32.3. The molecule has 1 unspecified atom stereocenters. The van der Waals surface area contributed by atoms with Gasteiger partial charge in [0.1, 0.15) is 6.23 Å². The van der Waals surface area contributed by atoms with Crippen molar-refractivity contribution in [1.82, 2.24) is 14.3 Å². The third-order valence-electron chi connectivity index (χ3n) is 3.90. The van der Waals surface area contributed by atoms with Crippen molar-refractivity contribution < 1.29 is 19.0 Å². The summed E-state index contributed by atoms with van der Waals surface area (Å²) in [6.45, 7) is 0.847. The SMILES string of the molecule is O=C(NCc1ccccc1)c1ccc(CN2CC(O)NS2(O)O)cc1. The lowest BCUT2D eigenvalue weighted by Crippen LogP contribution is -2.25. The Bertz CT molecular complexity index is 724. The van der Waals surface area contributed by atoms with E-state index in [0.29, 0.717) is 12.1 Å². The molecule has 1 heterocycles. The third kappa shape index (κ3) is 4.57. The van der Waals surface area contributed by atoms with Gasteiger partial charge in [0.2, 0.25) is 0 Å². The van der Waals surface area contributed by atoms with Crippen LogP contribution in [0.4, 0.5) is 0 Å². The number of nitrogens with zero attached hydrogens (tertiary/aromatic N) is 1. The molecule has 3 rings (SSSR count). The van der Waals surface area contributed by atoms with Crippen LogP contribution in [-0.2, 0) is 13.1 Å². The molecule has 7 nitrogen and oxygen atoms in total. The molecule has 0 bridgehead atoms. The number of amides is 1. The van der Waals surface area contributed by atoms with E-state index < -0.39 is 17.2 Å². The highest BCUT2D eigenvalue weighted by Gasteiger charge is 2.34. The van der Waals surface area contributed by atoms with E-state index >= 15 is 0 Å². The molecule has 134 valence electrons. The van der Waals surface area contributed by atoms with E-state index in [9.17, 15) is 19.0 Å². The van der Waals surface area contributed by atoms with Gasteiger partial charge in [-0.2, -0.15) is 9.03 Å². The van der Waals surface area contributed by atoms with Crippen LogP contribution in [0.3, 0.4) is 0 Å². The van der Waals surface area contributed by atoms with Gasteiger partial charge in [-0.15, -0.1) is 0 Å². The first kappa shape index (κ1) is 17.9. The summed E-state index contributed by atoms with van der Waals surface area (Å²) in [7, 11) is -3.15. The monoisotopic (exact) mass is 363 g/mol. The van der Waals surface area contributed by atoms with Crippen molar-refractivity contribution >= 4 is 16.9 Å². The zero-order valence-corrected chi connectivity index (χ0v) is 14.3. The number of carbonyl (C=O) groups excluding carboxylic acids is 1. The van der Waals surface area contributed by atoms with E-state index in [2.05, 4.69) is 10.0 Å². The van der Waals surface area contributed by atoms with Gasteiger partial charge in [-0.3, -0.25) is 13.9 Å². The molecule has 1 aliphatic heterocycles. The molecule has 0 aliphatic carbocycles. The first-order chi connectivity index (χ1) is 11.9. The Morgan fingerprint density at radius 3 is 2.40 bits per heavy atom. The summed E-state index contributed by atoms with van der Waals surface area (Å²) in [4.78, 5) is 12.2. The summed E-state index contributed by atoms with van der Waals surface area (Å²) in [6.07, 6.45) is -0.965. The number of hydrogen-bond donors (Lipinski definition) is 5. The van der Waals surface area contributed by atoms with Crippen LogP contribution in [0.2, 0.25) is 0 Å². The van der Waals surface area contributed by atoms with Gasteiger partial charge in [-0.05, 0) is 23.3 Å². The number of hydrogen-bond acceptors (Lipinski definition) is 6. The molecule has 2 aromatic carbocycles. The van der Waals surface area contributed by atoms with E-state index in [4.69, 9.17) is 0 Å². The van der Waals surface area contributed by atoms with Gasteiger partial charge in [-0.25, -0.2) is 0 Å². The van der Waals surface area contributed by atoms with Gasteiger partial charge >= 0.3 is 0 Å². The van der Waals surface area contributed by atoms with Crippen LogP contribution in [-0.4, -0.2) is 37.2 Å². The van der Waals surface area contributed by atoms with Gasteiger partial charge in [-0.1, -0.05) is 53.4 Å². The van der Waals surface area contributed by atoms with Crippen molar-refractivity contribution in [1.29, 1.82) is 0 Å². The molecule has 1 fully saturated rings. The predicted molar refractivity (Wildman–Crippen MR) is 96.5 cm³/mol. The Hall–Kier alpha value is -1.94. The Balaban J connectivity index is 1.57. The minimum absolute atomic E-state index is 0.127. The van der Waals surface area contributed by atoms with Gasteiger partial charge in [0, 0.05) is 18.7 Å². The molecular formula is C17H21N3O4S. The lowest BCUT2D eigenvalue weighted by atomic mass is 10.1. The summed E-state index contributed by atoms with van der Waals surface area (Å²) in [6, 6.07) is 16.6. The maximum Gasteiger partial charge on any atom is 0.251 e. The van der Waals surface area contributed by atoms with Crippen molar-refractivity contribution in [2.75, 3.05) is 6.54 Å². The Morgan fingerprint density at radius 1 is 1.12 bits per heavy atom. The van der Waals surface area contributed by atoms with Crippen LogP contribution in [0.15, 0.2) is 54.6 Å². The van der Waals surface area contributed by atoms with Crippen molar-refractivity contribution in [3.63, 3.8) is 0 Å². The second-order valence-electron chi connectivity index (χ2n) is 5.84. The zero-order chi connectivity index (χ0) is 17.9. The van der Waals surface area contributed by atoms with Crippen molar-refractivity contribution in [2.24, 2.45) is 0 Å². The van der Waals surface area contributed by atoms with Crippen LogP contribution in [0, 0.1) is 0 Å². The highest BCUT2D eigenvalue weighted by molar-refractivity contribution is 8.20. The van der Waals surface area contributed by atoms with Crippen LogP contribution < -0.4 is 10.0 Å². The van der Waals surface area contributed by atoms with E-state index in [1.165, 1.54) is 4.31 Å². The topological polar surface area (TPSA) is 105 Å². The minimum atomic E-state index is -3.15. The molecule has 25 heavy (non-hydrogen) atoms. The molecule has 0 saturated carbocycles. The van der Waals surface area contributed by atoms with E-state index in [0.717, 1.165) is 11.1 Å². The summed E-state index contributed by atoms with van der Waals surface area (Å²) in [5, 5.41) is 12.3. The molecule has 1 aliphatic rings. The summed E-state index contributed by atoms with van der Waals surface area (Å²) < 4.78 is 23.4. The molecule has 5 N–H and O–H groups in total. The number of rotatable bonds is 5. The number of aliphatic hydroxyl groups is 1. The van der Waals surface area contributed by atoms with E-state index in [1.54, 1.807) is 24.3 Å². The average Bonchev–Trinajstić information content (AvgIpc) is 2.86. The van der Waals surface area contributed by atoms with Gasteiger partial charge in [0.05, 0.1) is 6.54 Å². The van der Waals surface area contributed by atoms with Crippen molar-refractivity contribution in [2.45, 2.75) is 19.3 Å². The second-order valence-corrected chi connectivity index (χ2v) is 7.63. The maximum absolute atomic E-state index is 12.2. The normalized spacial score (nSPS) is 21.0. The molecule has 0 aromatic heterocycles.